The smallest absolute Gasteiger partial charge is 0.266 e. The molecule has 3 aromatic rings. The van der Waals surface area contributed by atoms with E-state index in [4.69, 9.17) is 11.6 Å². The number of aliphatic hydroxyl groups is 1. The maximum Gasteiger partial charge on any atom is 0.266 e. The maximum atomic E-state index is 12.8. The highest BCUT2D eigenvalue weighted by Gasteiger charge is 2.42. The molecule has 0 aliphatic carbocycles. The normalized spacial score (nSPS) is 15.2. The first-order valence-corrected chi connectivity index (χ1v) is 10.4. The molecule has 6 heteroatoms. The van der Waals surface area contributed by atoms with Gasteiger partial charge in [0.15, 0.2) is 0 Å². The molecule has 0 radical (unpaired) electrons. The summed E-state index contributed by atoms with van der Waals surface area (Å²) in [6.45, 7) is 1.03. The minimum Gasteiger partial charge on any atom is -0.380 e. The van der Waals surface area contributed by atoms with Gasteiger partial charge in [-0.1, -0.05) is 72.3 Å². The number of benzene rings is 2. The van der Waals surface area contributed by atoms with Crippen LogP contribution in [0.25, 0.3) is 0 Å². The van der Waals surface area contributed by atoms with Crippen LogP contribution in [-0.2, 0) is 5.60 Å². The van der Waals surface area contributed by atoms with Gasteiger partial charge in [0.2, 0.25) is 0 Å². The molecule has 0 atom stereocenters. The predicted octanol–water partition coefficient (Wildman–Crippen LogP) is 3.82. The van der Waals surface area contributed by atoms with Crippen LogP contribution in [0.4, 0.5) is 0 Å². The molecular formula is C24H23ClN2O3. The van der Waals surface area contributed by atoms with Gasteiger partial charge in [0.1, 0.15) is 10.6 Å². The van der Waals surface area contributed by atoms with Crippen LogP contribution in [0.1, 0.15) is 34.3 Å². The number of H-pyrrole nitrogens is 1. The first-order chi connectivity index (χ1) is 14.5. The number of rotatable bonds is 4. The van der Waals surface area contributed by atoms with Crippen molar-refractivity contribution in [2.75, 3.05) is 13.1 Å². The van der Waals surface area contributed by atoms with Crippen molar-refractivity contribution in [1.29, 1.82) is 0 Å². The summed E-state index contributed by atoms with van der Waals surface area (Å²) in [6, 6.07) is 20.8. The van der Waals surface area contributed by atoms with Crippen LogP contribution in [0.2, 0.25) is 5.02 Å². The Kier molecular flexibility index (Phi) is 5.75. The van der Waals surface area contributed by atoms with Gasteiger partial charge in [-0.3, -0.25) is 9.59 Å². The summed E-state index contributed by atoms with van der Waals surface area (Å²) < 4.78 is 0. The quantitative estimate of drug-likeness (QED) is 0.671. The molecule has 5 nitrogen and oxygen atoms in total. The summed E-state index contributed by atoms with van der Waals surface area (Å²) in [6.07, 6.45) is 2.71. The minimum absolute atomic E-state index is 0.00161. The Bertz CT molecular complexity index is 1030. The van der Waals surface area contributed by atoms with Crippen molar-refractivity contribution in [2.24, 2.45) is 5.92 Å². The number of carbonyl (C=O) groups is 1. The van der Waals surface area contributed by atoms with Crippen molar-refractivity contribution in [3.8, 4) is 0 Å². The molecule has 2 aromatic carbocycles. The lowest BCUT2D eigenvalue weighted by molar-refractivity contribution is -0.0122. The lowest BCUT2D eigenvalue weighted by Crippen LogP contribution is -2.46. The summed E-state index contributed by atoms with van der Waals surface area (Å²) in [5, 5.41) is 11.9. The molecule has 1 amide bonds. The molecule has 154 valence electrons. The summed E-state index contributed by atoms with van der Waals surface area (Å²) in [5.74, 6) is -0.208. The third kappa shape index (κ3) is 3.78. The van der Waals surface area contributed by atoms with E-state index >= 15 is 0 Å². The second-order valence-electron chi connectivity index (χ2n) is 7.63. The van der Waals surface area contributed by atoms with Crippen LogP contribution in [0.15, 0.2) is 77.7 Å². The van der Waals surface area contributed by atoms with Crippen LogP contribution < -0.4 is 5.56 Å². The number of amides is 1. The Morgan fingerprint density at radius 1 is 1.00 bits per heavy atom. The molecule has 2 N–H and O–H groups in total. The number of nitrogens with one attached hydrogen (secondary N) is 1. The molecule has 0 unspecified atom stereocenters. The van der Waals surface area contributed by atoms with E-state index in [1.54, 1.807) is 4.90 Å². The van der Waals surface area contributed by atoms with Gasteiger partial charge in [-0.2, -0.15) is 0 Å². The number of aromatic nitrogens is 1. The zero-order valence-electron chi connectivity index (χ0n) is 16.4. The standard InChI is InChI=1S/C24H23ClN2O3/c25-21-15-17(16-26-22(21)28)23(29)27-13-11-20(12-14-27)24(30,18-7-3-1-4-8-18)19-9-5-2-6-10-19/h1-10,15-16,20,30H,11-14H2,(H,26,28). The molecule has 0 saturated carbocycles. The zero-order chi connectivity index (χ0) is 21.1. The highest BCUT2D eigenvalue weighted by molar-refractivity contribution is 6.30. The molecule has 1 aliphatic rings. The lowest BCUT2D eigenvalue weighted by atomic mass is 9.72. The Labute approximate surface area is 179 Å². The second kappa shape index (κ2) is 8.46. The number of hydrogen-bond acceptors (Lipinski definition) is 3. The first kappa shape index (κ1) is 20.4. The average molecular weight is 423 g/mol. The maximum absolute atomic E-state index is 12.8. The zero-order valence-corrected chi connectivity index (χ0v) is 17.2. The molecular weight excluding hydrogens is 400 g/mol. The Hall–Kier alpha value is -2.89. The number of piperidine rings is 1. The van der Waals surface area contributed by atoms with Gasteiger partial charge in [0, 0.05) is 19.3 Å². The van der Waals surface area contributed by atoms with Gasteiger partial charge >= 0.3 is 0 Å². The van der Waals surface area contributed by atoms with Crippen LogP contribution in [0, 0.1) is 5.92 Å². The minimum atomic E-state index is -1.13. The molecule has 1 aromatic heterocycles. The lowest BCUT2D eigenvalue weighted by Gasteiger charge is -2.42. The van der Waals surface area contributed by atoms with E-state index in [1.165, 1.54) is 12.3 Å². The summed E-state index contributed by atoms with van der Waals surface area (Å²) >= 11 is 5.87. The van der Waals surface area contributed by atoms with Gasteiger partial charge in [-0.05, 0) is 36.0 Å². The van der Waals surface area contributed by atoms with Crippen molar-refractivity contribution in [2.45, 2.75) is 18.4 Å². The number of likely N-dealkylation sites (tertiary alicyclic amines) is 1. The molecule has 1 saturated heterocycles. The second-order valence-corrected chi connectivity index (χ2v) is 8.04. The number of aromatic amines is 1. The van der Waals surface area contributed by atoms with Crippen molar-refractivity contribution >= 4 is 17.5 Å². The van der Waals surface area contributed by atoms with Crippen LogP contribution in [0.3, 0.4) is 0 Å². The fourth-order valence-corrected chi connectivity index (χ4v) is 4.46. The van der Waals surface area contributed by atoms with E-state index in [0.717, 1.165) is 11.1 Å². The Morgan fingerprint density at radius 2 is 1.53 bits per heavy atom. The summed E-state index contributed by atoms with van der Waals surface area (Å²) in [4.78, 5) is 28.5. The largest absolute Gasteiger partial charge is 0.380 e. The van der Waals surface area contributed by atoms with E-state index in [1.807, 2.05) is 60.7 Å². The van der Waals surface area contributed by atoms with Crippen LogP contribution in [0.5, 0.6) is 0 Å². The van der Waals surface area contributed by atoms with Crippen molar-refractivity contribution < 1.29 is 9.90 Å². The predicted molar refractivity (Wildman–Crippen MR) is 117 cm³/mol. The van der Waals surface area contributed by atoms with Gasteiger partial charge in [-0.15, -0.1) is 0 Å². The monoisotopic (exact) mass is 422 g/mol. The highest BCUT2D eigenvalue weighted by atomic mass is 35.5. The third-order valence-corrected chi connectivity index (χ3v) is 6.19. The van der Waals surface area contributed by atoms with E-state index < -0.39 is 11.2 Å². The topological polar surface area (TPSA) is 73.4 Å². The number of halogens is 1. The molecule has 0 bridgehead atoms. The van der Waals surface area contributed by atoms with Gasteiger partial charge in [-0.25, -0.2) is 0 Å². The molecule has 30 heavy (non-hydrogen) atoms. The number of hydrogen-bond donors (Lipinski definition) is 2. The average Bonchev–Trinajstić information content (AvgIpc) is 2.81. The van der Waals surface area contributed by atoms with E-state index in [2.05, 4.69) is 4.98 Å². The van der Waals surface area contributed by atoms with Crippen molar-refractivity contribution in [1.82, 2.24) is 9.88 Å². The summed E-state index contributed by atoms with van der Waals surface area (Å²) in [5.41, 5.74) is 0.530. The number of pyridine rings is 1. The molecule has 4 rings (SSSR count). The van der Waals surface area contributed by atoms with Crippen LogP contribution >= 0.6 is 11.6 Å². The van der Waals surface area contributed by atoms with Crippen molar-refractivity contribution in [3.05, 3.63) is 105 Å². The molecule has 2 heterocycles. The number of nitrogens with zero attached hydrogens (tertiary/aromatic N) is 1. The van der Waals surface area contributed by atoms with E-state index in [9.17, 15) is 14.7 Å². The van der Waals surface area contributed by atoms with Crippen LogP contribution in [-0.4, -0.2) is 34.0 Å². The Morgan fingerprint density at radius 3 is 2.03 bits per heavy atom. The van der Waals surface area contributed by atoms with Gasteiger partial charge < -0.3 is 15.0 Å². The SMILES string of the molecule is O=C(c1c[nH]c(=O)c(Cl)c1)N1CCC(C(O)(c2ccccc2)c2ccccc2)CC1. The Balaban J connectivity index is 1.57. The van der Waals surface area contributed by atoms with Gasteiger partial charge in [0.05, 0.1) is 5.56 Å². The highest BCUT2D eigenvalue weighted by Crippen LogP contribution is 2.42. The van der Waals surface area contributed by atoms with E-state index in [0.29, 0.717) is 31.5 Å². The van der Waals surface area contributed by atoms with Crippen molar-refractivity contribution in [3.63, 3.8) is 0 Å². The number of carbonyl (C=O) groups excluding carboxylic acids is 1. The summed E-state index contributed by atoms with van der Waals surface area (Å²) in [7, 11) is 0. The molecule has 0 spiro atoms. The fraction of sp³-hybridized carbons (Fsp3) is 0.250. The van der Waals surface area contributed by atoms with Gasteiger partial charge in [0.25, 0.3) is 11.5 Å². The molecule has 1 fully saturated rings. The fourth-order valence-electron chi connectivity index (χ4n) is 4.28. The molecule has 1 aliphatic heterocycles. The third-order valence-electron chi connectivity index (χ3n) is 5.91. The van der Waals surface area contributed by atoms with E-state index in [-0.39, 0.29) is 16.8 Å². The first-order valence-electron chi connectivity index (χ1n) is 10.0.